The standard InChI is InChI=1S/C15H22N2O2/c1-10-8-11(2)14(13(9-10)19-3)17-15(18)12-6-4-5-7-16-12/h8-9,12,16H,4-7H2,1-3H3,(H,17,18). The molecule has 4 heteroatoms. The van der Waals surface area contributed by atoms with Gasteiger partial charge in [0.15, 0.2) is 0 Å². The van der Waals surface area contributed by atoms with Crippen LogP contribution in [-0.2, 0) is 4.79 Å². The molecule has 0 aromatic heterocycles. The van der Waals surface area contributed by atoms with E-state index in [2.05, 4.69) is 10.6 Å². The molecule has 0 radical (unpaired) electrons. The van der Waals surface area contributed by atoms with Gasteiger partial charge in [-0.15, -0.1) is 0 Å². The van der Waals surface area contributed by atoms with Crippen molar-refractivity contribution in [1.29, 1.82) is 0 Å². The summed E-state index contributed by atoms with van der Waals surface area (Å²) >= 11 is 0. The number of amides is 1. The summed E-state index contributed by atoms with van der Waals surface area (Å²) in [6, 6.07) is 3.91. The normalized spacial score (nSPS) is 19.0. The quantitative estimate of drug-likeness (QED) is 0.879. The molecule has 1 unspecified atom stereocenters. The number of benzene rings is 1. The van der Waals surface area contributed by atoms with Crippen LogP contribution in [-0.4, -0.2) is 25.6 Å². The largest absolute Gasteiger partial charge is 0.495 e. The van der Waals surface area contributed by atoms with Crippen molar-refractivity contribution in [3.8, 4) is 5.75 Å². The van der Waals surface area contributed by atoms with Gasteiger partial charge in [0, 0.05) is 0 Å². The van der Waals surface area contributed by atoms with Crippen LogP contribution >= 0.6 is 0 Å². The molecule has 4 nitrogen and oxygen atoms in total. The SMILES string of the molecule is COc1cc(C)cc(C)c1NC(=O)C1CCCCN1. The highest BCUT2D eigenvalue weighted by molar-refractivity contribution is 5.97. The van der Waals surface area contributed by atoms with E-state index in [1.54, 1.807) is 7.11 Å². The maximum absolute atomic E-state index is 12.2. The highest BCUT2D eigenvalue weighted by Crippen LogP contribution is 2.30. The van der Waals surface area contributed by atoms with Crippen molar-refractivity contribution >= 4 is 11.6 Å². The third kappa shape index (κ3) is 3.26. The van der Waals surface area contributed by atoms with Crippen LogP contribution in [0.4, 0.5) is 5.69 Å². The Hall–Kier alpha value is -1.55. The van der Waals surface area contributed by atoms with Gasteiger partial charge in [0.2, 0.25) is 5.91 Å². The molecule has 2 N–H and O–H groups in total. The van der Waals surface area contributed by atoms with E-state index in [1.807, 2.05) is 26.0 Å². The van der Waals surface area contributed by atoms with Crippen LogP contribution in [0.1, 0.15) is 30.4 Å². The Bertz CT molecular complexity index is 465. The number of hydrogen-bond acceptors (Lipinski definition) is 3. The molecule has 1 heterocycles. The molecule has 19 heavy (non-hydrogen) atoms. The number of aryl methyl sites for hydroxylation is 2. The first-order valence-electron chi connectivity index (χ1n) is 6.81. The molecule has 0 saturated carbocycles. The van der Waals surface area contributed by atoms with Gasteiger partial charge in [-0.25, -0.2) is 0 Å². The molecule has 1 atom stereocenters. The van der Waals surface area contributed by atoms with E-state index in [1.165, 1.54) is 0 Å². The second-order valence-corrected chi connectivity index (χ2v) is 5.15. The zero-order valence-corrected chi connectivity index (χ0v) is 11.9. The van der Waals surface area contributed by atoms with E-state index < -0.39 is 0 Å². The molecular formula is C15H22N2O2. The lowest BCUT2D eigenvalue weighted by Crippen LogP contribution is -2.43. The van der Waals surface area contributed by atoms with Crippen LogP contribution in [0.15, 0.2) is 12.1 Å². The number of piperidine rings is 1. The lowest BCUT2D eigenvalue weighted by molar-refractivity contribution is -0.118. The summed E-state index contributed by atoms with van der Waals surface area (Å²) in [5.74, 6) is 0.756. The van der Waals surface area contributed by atoms with Crippen molar-refractivity contribution in [2.24, 2.45) is 0 Å². The Balaban J connectivity index is 2.15. The van der Waals surface area contributed by atoms with Crippen LogP contribution in [0.25, 0.3) is 0 Å². The van der Waals surface area contributed by atoms with Gasteiger partial charge in [-0.1, -0.05) is 12.5 Å². The minimum absolute atomic E-state index is 0.0324. The number of ether oxygens (including phenoxy) is 1. The number of carbonyl (C=O) groups is 1. The second kappa shape index (κ2) is 6.06. The fraction of sp³-hybridized carbons (Fsp3) is 0.533. The summed E-state index contributed by atoms with van der Waals surface area (Å²) in [5.41, 5.74) is 2.94. The van der Waals surface area contributed by atoms with E-state index >= 15 is 0 Å². The van der Waals surface area contributed by atoms with Crippen LogP contribution in [0.5, 0.6) is 5.75 Å². The lowest BCUT2D eigenvalue weighted by atomic mass is 10.0. The average Bonchev–Trinajstić information content (AvgIpc) is 2.42. The minimum Gasteiger partial charge on any atom is -0.495 e. The van der Waals surface area contributed by atoms with E-state index in [4.69, 9.17) is 4.74 Å². The van der Waals surface area contributed by atoms with E-state index in [0.717, 1.165) is 48.4 Å². The van der Waals surface area contributed by atoms with Crippen molar-refractivity contribution in [3.63, 3.8) is 0 Å². The Morgan fingerprint density at radius 3 is 2.79 bits per heavy atom. The van der Waals surface area contributed by atoms with Crippen molar-refractivity contribution in [3.05, 3.63) is 23.3 Å². The molecule has 1 amide bonds. The fourth-order valence-corrected chi connectivity index (χ4v) is 2.54. The van der Waals surface area contributed by atoms with Gasteiger partial charge in [-0.05, 0) is 50.4 Å². The smallest absolute Gasteiger partial charge is 0.241 e. The maximum Gasteiger partial charge on any atom is 0.241 e. The van der Waals surface area contributed by atoms with Gasteiger partial charge in [-0.2, -0.15) is 0 Å². The van der Waals surface area contributed by atoms with Crippen LogP contribution in [0.3, 0.4) is 0 Å². The first kappa shape index (κ1) is 13.9. The summed E-state index contributed by atoms with van der Waals surface area (Å²) in [6.07, 6.45) is 3.16. The monoisotopic (exact) mass is 262 g/mol. The zero-order valence-electron chi connectivity index (χ0n) is 11.9. The molecule has 1 aliphatic heterocycles. The number of rotatable bonds is 3. The summed E-state index contributed by atoms with van der Waals surface area (Å²) in [6.45, 7) is 4.92. The summed E-state index contributed by atoms with van der Waals surface area (Å²) in [5, 5.41) is 6.25. The molecule has 1 aromatic carbocycles. The Morgan fingerprint density at radius 2 is 2.16 bits per heavy atom. The molecule has 0 bridgehead atoms. The number of carbonyl (C=O) groups excluding carboxylic acids is 1. The molecule has 2 rings (SSSR count). The molecule has 1 saturated heterocycles. The molecule has 0 spiro atoms. The summed E-state index contributed by atoms with van der Waals surface area (Å²) < 4.78 is 5.36. The Morgan fingerprint density at radius 1 is 1.37 bits per heavy atom. The molecule has 0 aliphatic carbocycles. The Labute approximate surface area is 114 Å². The number of nitrogens with one attached hydrogen (secondary N) is 2. The number of anilines is 1. The number of hydrogen-bond donors (Lipinski definition) is 2. The third-order valence-electron chi connectivity index (χ3n) is 3.54. The van der Waals surface area contributed by atoms with E-state index in [9.17, 15) is 4.79 Å². The number of methoxy groups -OCH3 is 1. The van der Waals surface area contributed by atoms with Gasteiger partial charge in [0.25, 0.3) is 0 Å². The van der Waals surface area contributed by atoms with E-state index in [0.29, 0.717) is 0 Å². The van der Waals surface area contributed by atoms with Gasteiger partial charge in [-0.3, -0.25) is 4.79 Å². The van der Waals surface area contributed by atoms with Crippen LogP contribution < -0.4 is 15.4 Å². The van der Waals surface area contributed by atoms with Gasteiger partial charge < -0.3 is 15.4 Å². The first-order chi connectivity index (χ1) is 9.11. The second-order valence-electron chi connectivity index (χ2n) is 5.15. The highest BCUT2D eigenvalue weighted by atomic mass is 16.5. The highest BCUT2D eigenvalue weighted by Gasteiger charge is 2.22. The maximum atomic E-state index is 12.2. The average molecular weight is 262 g/mol. The Kier molecular flexibility index (Phi) is 4.43. The fourth-order valence-electron chi connectivity index (χ4n) is 2.54. The van der Waals surface area contributed by atoms with Crippen LogP contribution in [0.2, 0.25) is 0 Å². The van der Waals surface area contributed by atoms with Crippen molar-refractivity contribution in [2.75, 3.05) is 19.0 Å². The minimum atomic E-state index is -0.0841. The zero-order chi connectivity index (χ0) is 13.8. The van der Waals surface area contributed by atoms with Gasteiger partial charge in [0.05, 0.1) is 18.8 Å². The summed E-state index contributed by atoms with van der Waals surface area (Å²) in [4.78, 5) is 12.2. The molecular weight excluding hydrogens is 240 g/mol. The van der Waals surface area contributed by atoms with Crippen molar-refractivity contribution in [1.82, 2.24) is 5.32 Å². The van der Waals surface area contributed by atoms with Gasteiger partial charge in [0.1, 0.15) is 5.75 Å². The first-order valence-corrected chi connectivity index (χ1v) is 6.81. The molecule has 1 aromatic rings. The lowest BCUT2D eigenvalue weighted by Gasteiger charge is -2.23. The van der Waals surface area contributed by atoms with Gasteiger partial charge >= 0.3 is 0 Å². The van der Waals surface area contributed by atoms with Crippen LogP contribution in [0, 0.1) is 13.8 Å². The van der Waals surface area contributed by atoms with Crippen molar-refractivity contribution < 1.29 is 9.53 Å². The topological polar surface area (TPSA) is 50.4 Å². The predicted octanol–water partition coefficient (Wildman–Crippen LogP) is 2.39. The summed E-state index contributed by atoms with van der Waals surface area (Å²) in [7, 11) is 1.63. The van der Waals surface area contributed by atoms with Crippen molar-refractivity contribution in [2.45, 2.75) is 39.2 Å². The molecule has 104 valence electrons. The third-order valence-corrected chi connectivity index (χ3v) is 3.54. The molecule has 1 aliphatic rings. The molecule has 1 fully saturated rings. The predicted molar refractivity (Wildman–Crippen MR) is 76.7 cm³/mol. The van der Waals surface area contributed by atoms with E-state index in [-0.39, 0.29) is 11.9 Å².